The lowest BCUT2D eigenvalue weighted by Gasteiger charge is -2.10. The molecule has 1 amide bonds. The fraction of sp³-hybridized carbons (Fsp3) is 0.150. The number of aromatic nitrogens is 2. The average molecular weight is 367 g/mol. The van der Waals surface area contributed by atoms with Gasteiger partial charge in [-0.2, -0.15) is 0 Å². The van der Waals surface area contributed by atoms with Gasteiger partial charge in [0.15, 0.2) is 0 Å². The molecule has 3 rings (SSSR count). The number of carbonyl (C=O) groups excluding carboxylic acids is 1. The van der Waals surface area contributed by atoms with Crippen molar-refractivity contribution in [2.45, 2.75) is 20.4 Å². The molecule has 0 unspecified atom stereocenters. The van der Waals surface area contributed by atoms with Crippen LogP contribution in [0.15, 0.2) is 54.6 Å². The number of aryl methyl sites for hydroxylation is 2. The fourth-order valence-corrected chi connectivity index (χ4v) is 2.62. The highest BCUT2D eigenvalue weighted by molar-refractivity contribution is 6.31. The maximum Gasteiger partial charge on any atom is 0.270 e. The Morgan fingerprint density at radius 2 is 1.81 bits per heavy atom. The zero-order valence-corrected chi connectivity index (χ0v) is 15.3. The van der Waals surface area contributed by atoms with Gasteiger partial charge in [0.1, 0.15) is 17.3 Å². The highest BCUT2D eigenvalue weighted by atomic mass is 35.5. The molecular weight excluding hydrogens is 348 g/mol. The van der Waals surface area contributed by atoms with Gasteiger partial charge in [-0.25, -0.2) is 9.97 Å². The molecule has 1 aromatic heterocycles. The predicted molar refractivity (Wildman–Crippen MR) is 104 cm³/mol. The molecule has 1 heterocycles. The lowest BCUT2D eigenvalue weighted by molar-refractivity contribution is 0.0945. The summed E-state index contributed by atoms with van der Waals surface area (Å²) in [5.74, 6) is 0.810. The van der Waals surface area contributed by atoms with Crippen molar-refractivity contribution in [3.8, 4) is 0 Å². The van der Waals surface area contributed by atoms with Gasteiger partial charge in [0, 0.05) is 23.3 Å². The van der Waals surface area contributed by atoms with E-state index in [-0.39, 0.29) is 5.91 Å². The monoisotopic (exact) mass is 366 g/mol. The van der Waals surface area contributed by atoms with Crippen molar-refractivity contribution in [2.24, 2.45) is 0 Å². The van der Waals surface area contributed by atoms with Gasteiger partial charge in [-0.15, -0.1) is 0 Å². The Bertz CT molecular complexity index is 928. The van der Waals surface area contributed by atoms with E-state index in [2.05, 4.69) is 20.6 Å². The van der Waals surface area contributed by atoms with Gasteiger partial charge in [0.2, 0.25) is 0 Å². The first-order chi connectivity index (χ1) is 12.5. The first-order valence-corrected chi connectivity index (χ1v) is 8.60. The molecule has 132 valence electrons. The Morgan fingerprint density at radius 3 is 2.54 bits per heavy atom. The number of halogens is 1. The van der Waals surface area contributed by atoms with Crippen LogP contribution in [0.2, 0.25) is 5.02 Å². The second-order valence-electron chi connectivity index (χ2n) is 5.94. The summed E-state index contributed by atoms with van der Waals surface area (Å²) in [4.78, 5) is 21.0. The van der Waals surface area contributed by atoms with Crippen LogP contribution < -0.4 is 10.6 Å². The molecule has 0 aliphatic heterocycles. The van der Waals surface area contributed by atoms with Crippen molar-refractivity contribution < 1.29 is 4.79 Å². The van der Waals surface area contributed by atoms with E-state index in [4.69, 9.17) is 11.6 Å². The third-order valence-corrected chi connectivity index (χ3v) is 4.22. The molecule has 0 bridgehead atoms. The van der Waals surface area contributed by atoms with Crippen molar-refractivity contribution in [3.05, 3.63) is 82.3 Å². The molecular formula is C20H19ClN4O. The van der Waals surface area contributed by atoms with E-state index in [1.54, 1.807) is 13.0 Å². The van der Waals surface area contributed by atoms with Gasteiger partial charge in [-0.1, -0.05) is 48.0 Å². The van der Waals surface area contributed by atoms with Crippen LogP contribution in [-0.2, 0) is 6.54 Å². The van der Waals surface area contributed by atoms with E-state index in [0.29, 0.717) is 28.9 Å². The first-order valence-electron chi connectivity index (χ1n) is 8.22. The van der Waals surface area contributed by atoms with Crippen LogP contribution in [0.5, 0.6) is 0 Å². The summed E-state index contributed by atoms with van der Waals surface area (Å²) in [6.07, 6.45) is 0. The van der Waals surface area contributed by atoms with Gasteiger partial charge in [-0.3, -0.25) is 4.79 Å². The normalized spacial score (nSPS) is 10.4. The van der Waals surface area contributed by atoms with E-state index in [1.807, 2.05) is 55.5 Å². The Hall–Kier alpha value is -2.92. The van der Waals surface area contributed by atoms with Gasteiger partial charge in [0.25, 0.3) is 5.91 Å². The summed E-state index contributed by atoms with van der Waals surface area (Å²) in [6.45, 7) is 4.14. The molecule has 0 saturated carbocycles. The molecule has 0 aliphatic rings. The minimum absolute atomic E-state index is 0.246. The summed E-state index contributed by atoms with van der Waals surface area (Å²) >= 11 is 6.16. The quantitative estimate of drug-likeness (QED) is 0.701. The minimum atomic E-state index is -0.246. The summed E-state index contributed by atoms with van der Waals surface area (Å²) in [5.41, 5.74) is 3.14. The van der Waals surface area contributed by atoms with E-state index in [9.17, 15) is 4.79 Å². The molecule has 6 heteroatoms. The predicted octanol–water partition coefficient (Wildman–Crippen LogP) is 4.42. The van der Waals surface area contributed by atoms with Gasteiger partial charge >= 0.3 is 0 Å². The summed E-state index contributed by atoms with van der Waals surface area (Å²) in [6, 6.07) is 17.0. The van der Waals surface area contributed by atoms with E-state index < -0.39 is 0 Å². The SMILES string of the molecule is Cc1nc(Nc2ccc(C)c(Cl)c2)cc(C(=O)NCc2ccccc2)n1. The highest BCUT2D eigenvalue weighted by Gasteiger charge is 2.11. The standard InChI is InChI=1S/C20H19ClN4O/c1-13-8-9-16(10-17(13)21)25-19-11-18(23-14(2)24-19)20(26)22-12-15-6-4-3-5-7-15/h3-11H,12H2,1-2H3,(H,22,26)(H,23,24,25). The van der Waals surface area contributed by atoms with Crippen LogP contribution >= 0.6 is 11.6 Å². The minimum Gasteiger partial charge on any atom is -0.347 e. The summed E-state index contributed by atoms with van der Waals surface area (Å²) in [5, 5.41) is 6.71. The maximum atomic E-state index is 12.4. The fourth-order valence-electron chi connectivity index (χ4n) is 2.44. The number of hydrogen-bond acceptors (Lipinski definition) is 4. The molecule has 0 fully saturated rings. The van der Waals surface area contributed by atoms with Crippen LogP contribution in [0.1, 0.15) is 27.4 Å². The number of carbonyl (C=O) groups is 1. The third kappa shape index (κ3) is 4.58. The number of benzene rings is 2. The van der Waals surface area contributed by atoms with Crippen LogP contribution in [0.3, 0.4) is 0 Å². The summed E-state index contributed by atoms with van der Waals surface area (Å²) in [7, 11) is 0. The smallest absolute Gasteiger partial charge is 0.270 e. The van der Waals surface area contributed by atoms with Crippen LogP contribution in [0.4, 0.5) is 11.5 Å². The first kappa shape index (κ1) is 17.9. The average Bonchev–Trinajstić information content (AvgIpc) is 2.63. The molecule has 26 heavy (non-hydrogen) atoms. The number of rotatable bonds is 5. The molecule has 2 aromatic carbocycles. The zero-order chi connectivity index (χ0) is 18.5. The van der Waals surface area contributed by atoms with Crippen molar-refractivity contribution in [2.75, 3.05) is 5.32 Å². The number of hydrogen-bond donors (Lipinski definition) is 2. The molecule has 0 aliphatic carbocycles. The Balaban J connectivity index is 1.74. The number of nitrogens with zero attached hydrogens (tertiary/aromatic N) is 2. The second-order valence-corrected chi connectivity index (χ2v) is 6.35. The number of nitrogens with one attached hydrogen (secondary N) is 2. The van der Waals surface area contributed by atoms with E-state index in [1.165, 1.54) is 0 Å². The Kier molecular flexibility index (Phi) is 5.49. The lowest BCUT2D eigenvalue weighted by Crippen LogP contribution is -2.24. The van der Waals surface area contributed by atoms with Crippen LogP contribution in [0.25, 0.3) is 0 Å². The van der Waals surface area contributed by atoms with Crippen LogP contribution in [-0.4, -0.2) is 15.9 Å². The number of anilines is 2. The van der Waals surface area contributed by atoms with Gasteiger partial charge in [-0.05, 0) is 37.1 Å². The van der Waals surface area contributed by atoms with Crippen molar-refractivity contribution in [1.82, 2.24) is 15.3 Å². The highest BCUT2D eigenvalue weighted by Crippen LogP contribution is 2.22. The molecule has 3 aromatic rings. The Labute approximate surface area is 157 Å². The lowest BCUT2D eigenvalue weighted by atomic mass is 10.2. The molecule has 5 nitrogen and oxygen atoms in total. The topological polar surface area (TPSA) is 66.9 Å². The van der Waals surface area contributed by atoms with E-state index in [0.717, 1.165) is 16.8 Å². The largest absolute Gasteiger partial charge is 0.347 e. The zero-order valence-electron chi connectivity index (χ0n) is 14.6. The third-order valence-electron chi connectivity index (χ3n) is 3.81. The van der Waals surface area contributed by atoms with Gasteiger partial charge < -0.3 is 10.6 Å². The Morgan fingerprint density at radius 1 is 1.04 bits per heavy atom. The van der Waals surface area contributed by atoms with Crippen molar-refractivity contribution in [1.29, 1.82) is 0 Å². The maximum absolute atomic E-state index is 12.4. The van der Waals surface area contributed by atoms with Crippen LogP contribution in [0, 0.1) is 13.8 Å². The molecule has 0 radical (unpaired) electrons. The van der Waals surface area contributed by atoms with Crippen molar-refractivity contribution >= 4 is 29.0 Å². The molecule has 0 atom stereocenters. The molecule has 0 saturated heterocycles. The molecule has 2 N–H and O–H groups in total. The number of amides is 1. The van der Waals surface area contributed by atoms with E-state index >= 15 is 0 Å². The van der Waals surface area contributed by atoms with Gasteiger partial charge in [0.05, 0.1) is 0 Å². The van der Waals surface area contributed by atoms with Crippen molar-refractivity contribution in [3.63, 3.8) is 0 Å². The second kappa shape index (κ2) is 7.97. The summed E-state index contributed by atoms with van der Waals surface area (Å²) < 4.78 is 0. The molecule has 0 spiro atoms.